The van der Waals surface area contributed by atoms with Crippen LogP contribution >= 0.6 is 0 Å². The van der Waals surface area contributed by atoms with E-state index in [2.05, 4.69) is 11.4 Å². The first kappa shape index (κ1) is 18.0. The number of nitrogens with one attached hydrogen (secondary N) is 1. The Kier molecular flexibility index (Phi) is 4.88. The monoisotopic (exact) mass is 367 g/mol. The predicted molar refractivity (Wildman–Crippen MR) is 98.8 cm³/mol. The summed E-state index contributed by atoms with van der Waals surface area (Å²) < 4.78 is 6.10. The van der Waals surface area contributed by atoms with Gasteiger partial charge in [-0.15, -0.1) is 0 Å². The Labute approximate surface area is 159 Å². The fraction of sp³-hybridized carbons (Fsp3) is 0.571. The molecule has 1 spiro atoms. The van der Waals surface area contributed by atoms with Crippen molar-refractivity contribution in [3.63, 3.8) is 0 Å². The molecule has 3 aliphatic rings. The molecule has 1 aromatic carbocycles. The van der Waals surface area contributed by atoms with Crippen LogP contribution in [0.3, 0.4) is 0 Å². The van der Waals surface area contributed by atoms with Crippen LogP contribution in [-0.4, -0.2) is 48.6 Å². The maximum Gasteiger partial charge on any atom is 0.254 e. The van der Waals surface area contributed by atoms with Gasteiger partial charge >= 0.3 is 0 Å². The lowest BCUT2D eigenvalue weighted by atomic mass is 9.82. The van der Waals surface area contributed by atoms with Crippen LogP contribution in [0.2, 0.25) is 0 Å². The number of nitrogens with zero attached hydrogens (tertiary/aromatic N) is 2. The third kappa shape index (κ3) is 4.14. The van der Waals surface area contributed by atoms with Crippen molar-refractivity contribution in [1.82, 2.24) is 10.2 Å². The highest BCUT2D eigenvalue weighted by atomic mass is 16.5. The zero-order valence-corrected chi connectivity index (χ0v) is 15.4. The molecule has 6 heteroatoms. The minimum atomic E-state index is -0.225. The molecule has 2 aliphatic heterocycles. The Balaban J connectivity index is 1.22. The average Bonchev–Trinajstić information content (AvgIpc) is 3.48. The van der Waals surface area contributed by atoms with Crippen LogP contribution in [0.4, 0.5) is 0 Å². The van der Waals surface area contributed by atoms with Crippen LogP contribution < -0.4 is 5.32 Å². The largest absolute Gasteiger partial charge is 0.371 e. The highest BCUT2D eigenvalue weighted by molar-refractivity contribution is 5.95. The van der Waals surface area contributed by atoms with Gasteiger partial charge in [-0.1, -0.05) is 6.07 Å². The van der Waals surface area contributed by atoms with Gasteiger partial charge in [-0.05, 0) is 55.7 Å². The number of hydrogen-bond donors (Lipinski definition) is 1. The van der Waals surface area contributed by atoms with Crippen molar-refractivity contribution in [3.05, 3.63) is 35.4 Å². The van der Waals surface area contributed by atoms with E-state index in [-0.39, 0.29) is 17.4 Å². The molecule has 6 nitrogen and oxygen atoms in total. The number of hydrogen-bond acceptors (Lipinski definition) is 4. The molecule has 142 valence electrons. The van der Waals surface area contributed by atoms with Gasteiger partial charge in [-0.3, -0.25) is 9.59 Å². The summed E-state index contributed by atoms with van der Waals surface area (Å²) in [5.74, 6) is 1.09. The molecule has 1 N–H and O–H groups in total. The number of likely N-dealkylation sites (tertiary alicyclic amines) is 1. The first-order valence-electron chi connectivity index (χ1n) is 9.77. The summed E-state index contributed by atoms with van der Waals surface area (Å²) in [7, 11) is 0. The first-order chi connectivity index (χ1) is 13.1. The summed E-state index contributed by atoms with van der Waals surface area (Å²) in [6.07, 6.45) is 4.98. The Hall–Kier alpha value is -2.39. The van der Waals surface area contributed by atoms with Crippen molar-refractivity contribution in [1.29, 1.82) is 5.26 Å². The maximum absolute atomic E-state index is 12.6. The normalized spacial score (nSPS) is 23.4. The van der Waals surface area contributed by atoms with Gasteiger partial charge in [0.15, 0.2) is 0 Å². The van der Waals surface area contributed by atoms with E-state index in [0.717, 1.165) is 12.8 Å². The van der Waals surface area contributed by atoms with Gasteiger partial charge in [0.05, 0.1) is 31.3 Å². The molecule has 0 aromatic heterocycles. The van der Waals surface area contributed by atoms with Gasteiger partial charge in [0.2, 0.25) is 5.91 Å². The Morgan fingerprint density at radius 2 is 2.07 bits per heavy atom. The molecule has 0 radical (unpaired) electrons. The highest BCUT2D eigenvalue weighted by Gasteiger charge is 2.48. The van der Waals surface area contributed by atoms with Crippen molar-refractivity contribution in [3.8, 4) is 6.07 Å². The van der Waals surface area contributed by atoms with Crippen molar-refractivity contribution in [2.45, 2.75) is 37.7 Å². The number of carbonyl (C=O) groups is 2. The molecule has 2 amide bonds. The molecule has 1 aliphatic carbocycles. The zero-order valence-electron chi connectivity index (χ0n) is 15.4. The van der Waals surface area contributed by atoms with Crippen LogP contribution in [0.15, 0.2) is 24.3 Å². The molecule has 3 fully saturated rings. The van der Waals surface area contributed by atoms with Gasteiger partial charge < -0.3 is 15.0 Å². The molecule has 2 saturated heterocycles. The second-order valence-electron chi connectivity index (χ2n) is 8.20. The van der Waals surface area contributed by atoms with E-state index in [4.69, 9.17) is 10.00 Å². The molecule has 2 heterocycles. The van der Waals surface area contributed by atoms with E-state index in [0.29, 0.717) is 55.6 Å². The smallest absolute Gasteiger partial charge is 0.254 e. The number of ether oxygens (including phenoxy) is 1. The summed E-state index contributed by atoms with van der Waals surface area (Å²) in [5, 5.41) is 12.0. The van der Waals surface area contributed by atoms with E-state index < -0.39 is 0 Å². The van der Waals surface area contributed by atoms with E-state index in [9.17, 15) is 9.59 Å². The van der Waals surface area contributed by atoms with Crippen LogP contribution in [0.5, 0.6) is 0 Å². The summed E-state index contributed by atoms with van der Waals surface area (Å²) in [4.78, 5) is 26.2. The molecule has 1 saturated carbocycles. The van der Waals surface area contributed by atoms with Gasteiger partial charge in [0.25, 0.3) is 5.91 Å². The fourth-order valence-electron chi connectivity index (χ4n) is 3.94. The number of carbonyl (C=O) groups excluding carboxylic acids is 2. The second-order valence-corrected chi connectivity index (χ2v) is 8.20. The average molecular weight is 367 g/mol. The van der Waals surface area contributed by atoms with E-state index in [1.165, 1.54) is 12.8 Å². The summed E-state index contributed by atoms with van der Waals surface area (Å²) >= 11 is 0. The van der Waals surface area contributed by atoms with Crippen LogP contribution in [-0.2, 0) is 9.53 Å². The Morgan fingerprint density at radius 1 is 1.26 bits per heavy atom. The summed E-state index contributed by atoms with van der Waals surface area (Å²) in [6, 6.07) is 8.88. The van der Waals surface area contributed by atoms with E-state index in [1.807, 2.05) is 0 Å². The summed E-state index contributed by atoms with van der Waals surface area (Å²) in [6.45, 7) is 2.52. The minimum absolute atomic E-state index is 0.0456. The second kappa shape index (κ2) is 7.32. The SMILES string of the molecule is N#Cc1cccc(C(=O)N2CC3(CCC(CNC(=O)CC4CC4)CO3)C2)c1. The quantitative estimate of drug-likeness (QED) is 0.864. The minimum Gasteiger partial charge on any atom is -0.371 e. The standard InChI is InChI=1S/C21H25N3O3/c22-10-16-2-1-3-18(8-16)20(26)24-13-21(14-24)7-6-17(12-27-21)11-23-19(25)9-15-4-5-15/h1-3,8,15,17H,4-7,9,11-14H2,(H,23,25). The number of amides is 2. The van der Waals surface area contributed by atoms with Crippen LogP contribution in [0, 0.1) is 23.2 Å². The predicted octanol–water partition coefficient (Wildman–Crippen LogP) is 2.10. The van der Waals surface area contributed by atoms with Crippen molar-refractivity contribution in [2.75, 3.05) is 26.2 Å². The molecule has 1 atom stereocenters. The number of nitriles is 1. The molecule has 4 rings (SSSR count). The van der Waals surface area contributed by atoms with Gasteiger partial charge in [0.1, 0.15) is 5.60 Å². The topological polar surface area (TPSA) is 82.4 Å². The van der Waals surface area contributed by atoms with Gasteiger partial charge in [-0.2, -0.15) is 5.26 Å². The number of benzene rings is 1. The zero-order chi connectivity index (χ0) is 18.9. The van der Waals surface area contributed by atoms with Crippen LogP contribution in [0.1, 0.15) is 48.0 Å². The first-order valence-corrected chi connectivity index (χ1v) is 9.77. The van der Waals surface area contributed by atoms with E-state index in [1.54, 1.807) is 29.2 Å². The highest BCUT2D eigenvalue weighted by Crippen LogP contribution is 2.36. The summed E-state index contributed by atoms with van der Waals surface area (Å²) in [5.41, 5.74) is 0.823. The lowest BCUT2D eigenvalue weighted by Gasteiger charge is -2.52. The van der Waals surface area contributed by atoms with Gasteiger partial charge in [-0.25, -0.2) is 0 Å². The molecule has 1 unspecified atom stereocenters. The third-order valence-electron chi connectivity index (χ3n) is 5.88. The molecule has 27 heavy (non-hydrogen) atoms. The fourth-order valence-corrected chi connectivity index (χ4v) is 3.94. The third-order valence-corrected chi connectivity index (χ3v) is 5.88. The lowest BCUT2D eigenvalue weighted by molar-refractivity contribution is -0.166. The van der Waals surface area contributed by atoms with E-state index >= 15 is 0 Å². The Bertz CT molecular complexity index is 765. The molecular weight excluding hydrogens is 342 g/mol. The number of rotatable bonds is 5. The maximum atomic E-state index is 12.6. The molecule has 1 aromatic rings. The van der Waals surface area contributed by atoms with Crippen molar-refractivity contribution in [2.24, 2.45) is 11.8 Å². The molecule has 0 bridgehead atoms. The lowest BCUT2D eigenvalue weighted by Crippen LogP contribution is -2.66. The van der Waals surface area contributed by atoms with Gasteiger partial charge in [0, 0.05) is 18.5 Å². The van der Waals surface area contributed by atoms with Crippen molar-refractivity contribution < 1.29 is 14.3 Å². The van der Waals surface area contributed by atoms with Crippen molar-refractivity contribution >= 4 is 11.8 Å². The Morgan fingerprint density at radius 3 is 2.74 bits per heavy atom. The molecular formula is C21H25N3O3. The van der Waals surface area contributed by atoms with Crippen LogP contribution in [0.25, 0.3) is 0 Å².